The first kappa shape index (κ1) is 13.1. The molecule has 0 fully saturated rings. The van der Waals surface area contributed by atoms with Gasteiger partial charge >= 0.3 is 0 Å². The molecule has 0 atom stereocenters. The van der Waals surface area contributed by atoms with Crippen LogP contribution >= 0.6 is 15.9 Å². The molecule has 0 saturated carbocycles. The molecule has 0 amide bonds. The van der Waals surface area contributed by atoms with E-state index in [-0.39, 0.29) is 0 Å². The number of fused-ring (bicyclic) bond motifs is 1. The predicted molar refractivity (Wildman–Crippen MR) is 81.1 cm³/mol. The number of aromatic nitrogens is 1. The molecule has 3 aromatic rings. The molecular weight excluding hydrogens is 320 g/mol. The van der Waals surface area contributed by atoms with Crippen molar-refractivity contribution >= 4 is 32.7 Å². The summed E-state index contributed by atoms with van der Waals surface area (Å²) >= 11 is 3.49. The average Bonchev–Trinajstić information content (AvgIpc) is 2.83. The molecule has 0 saturated heterocycles. The summed E-state index contributed by atoms with van der Waals surface area (Å²) in [5.74, 6) is 0.553. The van der Waals surface area contributed by atoms with Crippen LogP contribution < -0.4 is 5.73 Å². The lowest BCUT2D eigenvalue weighted by Crippen LogP contribution is -1.95. The Balaban J connectivity index is 1.67. The molecule has 0 aliphatic carbocycles. The van der Waals surface area contributed by atoms with Gasteiger partial charge in [0.25, 0.3) is 0 Å². The summed E-state index contributed by atoms with van der Waals surface area (Å²) in [4.78, 5) is 4.34. The normalized spacial score (nSPS) is 11.1. The number of hydrogen-bond donors (Lipinski definition) is 1. The molecular formula is C15H13BrN2O2. The maximum atomic E-state index is 5.71. The molecule has 3 rings (SSSR count). The van der Waals surface area contributed by atoms with Crippen molar-refractivity contribution in [2.75, 3.05) is 5.73 Å². The van der Waals surface area contributed by atoms with E-state index in [1.807, 2.05) is 30.3 Å². The van der Waals surface area contributed by atoms with Gasteiger partial charge in [-0.15, -0.1) is 0 Å². The zero-order valence-electron chi connectivity index (χ0n) is 10.7. The van der Waals surface area contributed by atoms with Crippen molar-refractivity contribution in [3.8, 4) is 0 Å². The summed E-state index contributed by atoms with van der Waals surface area (Å²) in [7, 11) is 0. The van der Waals surface area contributed by atoms with Gasteiger partial charge in [0.05, 0.1) is 6.61 Å². The first-order chi connectivity index (χ1) is 9.72. The van der Waals surface area contributed by atoms with Gasteiger partial charge in [0, 0.05) is 10.2 Å². The molecule has 102 valence electrons. The molecule has 0 spiro atoms. The first-order valence-corrected chi connectivity index (χ1v) is 6.98. The molecule has 5 heteroatoms. The second-order valence-corrected chi connectivity index (χ2v) is 5.27. The fourth-order valence-corrected chi connectivity index (χ4v) is 2.32. The van der Waals surface area contributed by atoms with Crippen molar-refractivity contribution in [3.05, 3.63) is 58.4 Å². The lowest BCUT2D eigenvalue weighted by Gasteiger charge is -2.03. The van der Waals surface area contributed by atoms with E-state index in [9.17, 15) is 0 Å². The fraction of sp³-hybridized carbons (Fsp3) is 0.133. The summed E-state index contributed by atoms with van der Waals surface area (Å²) in [5.41, 5.74) is 8.95. The number of anilines is 1. The maximum Gasteiger partial charge on any atom is 0.221 e. The first-order valence-electron chi connectivity index (χ1n) is 6.18. The van der Waals surface area contributed by atoms with Gasteiger partial charge in [-0.25, -0.2) is 4.98 Å². The van der Waals surface area contributed by atoms with Crippen LogP contribution in [0.3, 0.4) is 0 Å². The highest BCUT2D eigenvalue weighted by Crippen LogP contribution is 2.20. The Kier molecular flexibility index (Phi) is 3.71. The van der Waals surface area contributed by atoms with Gasteiger partial charge in [-0.05, 0) is 29.8 Å². The summed E-state index contributed by atoms with van der Waals surface area (Å²) in [6.45, 7) is 0.832. The van der Waals surface area contributed by atoms with E-state index in [1.54, 1.807) is 12.1 Å². The smallest absolute Gasteiger partial charge is 0.221 e. The van der Waals surface area contributed by atoms with E-state index in [2.05, 4.69) is 20.9 Å². The Morgan fingerprint density at radius 3 is 2.85 bits per heavy atom. The van der Waals surface area contributed by atoms with Crippen LogP contribution in [0.5, 0.6) is 0 Å². The third kappa shape index (κ3) is 2.84. The zero-order chi connectivity index (χ0) is 13.9. The molecule has 0 aliphatic rings. The number of nitrogen functional groups attached to an aromatic ring is 1. The average molecular weight is 333 g/mol. The highest BCUT2D eigenvalue weighted by Gasteiger charge is 2.06. The summed E-state index contributed by atoms with van der Waals surface area (Å²) in [6.07, 6.45) is 0. The van der Waals surface area contributed by atoms with Crippen molar-refractivity contribution < 1.29 is 9.15 Å². The van der Waals surface area contributed by atoms with Crippen LogP contribution in [-0.4, -0.2) is 4.98 Å². The molecule has 2 aromatic carbocycles. The van der Waals surface area contributed by atoms with Crippen LogP contribution in [0.15, 0.2) is 51.4 Å². The van der Waals surface area contributed by atoms with Crippen LogP contribution in [0, 0.1) is 0 Å². The molecule has 20 heavy (non-hydrogen) atoms. The number of rotatable bonds is 4. The highest BCUT2D eigenvalue weighted by atomic mass is 79.9. The summed E-state index contributed by atoms with van der Waals surface area (Å²) < 4.78 is 12.2. The monoisotopic (exact) mass is 332 g/mol. The Morgan fingerprint density at radius 1 is 1.15 bits per heavy atom. The Hall–Kier alpha value is -1.85. The Labute approximate surface area is 124 Å². The van der Waals surface area contributed by atoms with E-state index in [0.29, 0.717) is 24.8 Å². The zero-order valence-corrected chi connectivity index (χ0v) is 12.3. The van der Waals surface area contributed by atoms with Gasteiger partial charge in [-0.1, -0.05) is 34.1 Å². The highest BCUT2D eigenvalue weighted by molar-refractivity contribution is 9.10. The maximum absolute atomic E-state index is 5.71. The minimum Gasteiger partial charge on any atom is -0.438 e. The van der Waals surface area contributed by atoms with E-state index in [4.69, 9.17) is 14.9 Å². The lowest BCUT2D eigenvalue weighted by atomic mass is 10.2. The van der Waals surface area contributed by atoms with Crippen molar-refractivity contribution in [1.82, 2.24) is 4.98 Å². The summed E-state index contributed by atoms with van der Waals surface area (Å²) in [6, 6.07) is 13.3. The largest absolute Gasteiger partial charge is 0.438 e. The second-order valence-electron chi connectivity index (χ2n) is 4.42. The van der Waals surface area contributed by atoms with Crippen molar-refractivity contribution in [1.29, 1.82) is 0 Å². The predicted octanol–water partition coefficient (Wildman–Crippen LogP) is 3.89. The number of oxazole rings is 1. The molecule has 1 heterocycles. The van der Waals surface area contributed by atoms with Crippen LogP contribution in [0.4, 0.5) is 5.69 Å². The van der Waals surface area contributed by atoms with Crippen LogP contribution in [0.25, 0.3) is 11.1 Å². The number of ether oxygens (including phenoxy) is 1. The number of nitrogens with two attached hydrogens (primary N) is 1. The minimum absolute atomic E-state index is 0.329. The molecule has 0 radical (unpaired) electrons. The van der Waals surface area contributed by atoms with Gasteiger partial charge in [0.1, 0.15) is 12.1 Å². The molecule has 4 nitrogen and oxygen atoms in total. The van der Waals surface area contributed by atoms with Crippen molar-refractivity contribution in [2.45, 2.75) is 13.2 Å². The lowest BCUT2D eigenvalue weighted by molar-refractivity contribution is 0.0903. The fourth-order valence-electron chi connectivity index (χ4n) is 1.92. The van der Waals surface area contributed by atoms with Crippen molar-refractivity contribution in [2.24, 2.45) is 0 Å². The second kappa shape index (κ2) is 5.64. The van der Waals surface area contributed by atoms with Crippen LogP contribution in [0.2, 0.25) is 0 Å². The SMILES string of the molecule is Nc1ccc2oc(COCc3ccccc3Br)nc2c1. The van der Waals surface area contributed by atoms with E-state index in [1.165, 1.54) is 0 Å². The molecule has 2 N–H and O–H groups in total. The van der Waals surface area contributed by atoms with Gasteiger partial charge < -0.3 is 14.9 Å². The number of hydrogen-bond acceptors (Lipinski definition) is 4. The third-order valence-corrected chi connectivity index (χ3v) is 3.67. The van der Waals surface area contributed by atoms with Crippen LogP contribution in [0.1, 0.15) is 11.5 Å². The minimum atomic E-state index is 0.329. The van der Waals surface area contributed by atoms with Crippen LogP contribution in [-0.2, 0) is 18.0 Å². The number of halogens is 1. The molecule has 0 aliphatic heterocycles. The van der Waals surface area contributed by atoms with Gasteiger partial charge in [-0.2, -0.15) is 0 Å². The quantitative estimate of drug-likeness (QED) is 0.736. The molecule has 0 unspecified atom stereocenters. The van der Waals surface area contributed by atoms with Gasteiger partial charge in [0.15, 0.2) is 5.58 Å². The van der Waals surface area contributed by atoms with E-state index < -0.39 is 0 Å². The Bertz CT molecular complexity index is 740. The van der Waals surface area contributed by atoms with Gasteiger partial charge in [0.2, 0.25) is 5.89 Å². The van der Waals surface area contributed by atoms with Crippen molar-refractivity contribution in [3.63, 3.8) is 0 Å². The number of benzene rings is 2. The van der Waals surface area contributed by atoms with E-state index >= 15 is 0 Å². The summed E-state index contributed by atoms with van der Waals surface area (Å²) in [5, 5.41) is 0. The number of nitrogens with zero attached hydrogens (tertiary/aromatic N) is 1. The van der Waals surface area contributed by atoms with E-state index in [0.717, 1.165) is 21.1 Å². The molecule has 0 bridgehead atoms. The third-order valence-electron chi connectivity index (χ3n) is 2.90. The topological polar surface area (TPSA) is 61.3 Å². The standard InChI is InChI=1S/C15H13BrN2O2/c16-12-4-2-1-3-10(12)8-19-9-15-18-13-7-11(17)5-6-14(13)20-15/h1-7H,8-9,17H2. The Morgan fingerprint density at radius 2 is 2.00 bits per heavy atom. The van der Waals surface area contributed by atoms with Gasteiger partial charge in [-0.3, -0.25) is 0 Å². The molecule has 1 aromatic heterocycles.